The van der Waals surface area contributed by atoms with Crippen LogP contribution in [0.15, 0.2) is 29.4 Å². The number of guanidine groups is 1. The maximum Gasteiger partial charge on any atom is 0.191 e. The van der Waals surface area contributed by atoms with Crippen LogP contribution in [-0.4, -0.2) is 80.1 Å². The second-order valence-electron chi connectivity index (χ2n) is 7.32. The zero-order valence-corrected chi connectivity index (χ0v) is 16.6. The number of nitrogens with one attached hydrogen (secondary N) is 3. The highest BCUT2D eigenvalue weighted by Crippen LogP contribution is 2.19. The van der Waals surface area contributed by atoms with Crippen LogP contribution < -0.4 is 10.6 Å². The van der Waals surface area contributed by atoms with E-state index < -0.39 is 0 Å². The molecule has 148 valence electrons. The van der Waals surface area contributed by atoms with Gasteiger partial charge in [-0.25, -0.2) is 4.39 Å². The number of benzene rings is 1. The number of hydrogen-bond donors (Lipinski definition) is 3. The number of aromatic nitrogens is 1. The van der Waals surface area contributed by atoms with Gasteiger partial charge in [0.1, 0.15) is 5.82 Å². The Morgan fingerprint density at radius 2 is 2.04 bits per heavy atom. The Hall–Kier alpha value is -2.12. The minimum atomic E-state index is -0.202. The number of aliphatic imine (C=N–C) groups is 1. The van der Waals surface area contributed by atoms with Gasteiger partial charge >= 0.3 is 0 Å². The van der Waals surface area contributed by atoms with E-state index in [0.29, 0.717) is 6.04 Å². The first-order chi connectivity index (χ1) is 13.1. The molecule has 1 aromatic heterocycles. The number of likely N-dealkylation sites (N-methyl/N-ethyl adjacent to an activating group) is 1. The smallest absolute Gasteiger partial charge is 0.191 e. The monoisotopic (exact) mass is 374 g/mol. The van der Waals surface area contributed by atoms with E-state index in [1.807, 2.05) is 6.20 Å². The summed E-state index contributed by atoms with van der Waals surface area (Å²) < 4.78 is 13.5. The van der Waals surface area contributed by atoms with E-state index in [0.717, 1.165) is 68.1 Å². The molecule has 1 atom stereocenters. The van der Waals surface area contributed by atoms with E-state index in [1.54, 1.807) is 19.2 Å². The lowest BCUT2D eigenvalue weighted by Gasteiger charge is -2.36. The molecule has 0 aliphatic carbocycles. The molecule has 1 aliphatic heterocycles. The number of nitrogens with zero attached hydrogens (tertiary/aromatic N) is 3. The van der Waals surface area contributed by atoms with Gasteiger partial charge in [-0.15, -0.1) is 0 Å². The molecule has 2 heterocycles. The molecule has 0 amide bonds. The third kappa shape index (κ3) is 5.20. The van der Waals surface area contributed by atoms with Gasteiger partial charge in [0.25, 0.3) is 0 Å². The number of piperazine rings is 1. The van der Waals surface area contributed by atoms with Crippen LogP contribution in [0.1, 0.15) is 12.5 Å². The molecule has 1 unspecified atom stereocenters. The lowest BCUT2D eigenvalue weighted by atomic mass is 10.1. The molecule has 0 spiro atoms. The quantitative estimate of drug-likeness (QED) is 0.532. The van der Waals surface area contributed by atoms with E-state index in [-0.39, 0.29) is 5.82 Å². The molecular formula is C20H31FN6. The van der Waals surface area contributed by atoms with Crippen molar-refractivity contribution >= 4 is 16.9 Å². The van der Waals surface area contributed by atoms with Crippen LogP contribution in [0.25, 0.3) is 10.9 Å². The van der Waals surface area contributed by atoms with Gasteiger partial charge in [0.15, 0.2) is 5.96 Å². The lowest BCUT2D eigenvalue weighted by molar-refractivity contribution is 0.120. The fourth-order valence-electron chi connectivity index (χ4n) is 3.53. The van der Waals surface area contributed by atoms with Crippen molar-refractivity contribution in [2.24, 2.45) is 4.99 Å². The summed E-state index contributed by atoms with van der Waals surface area (Å²) >= 11 is 0. The number of hydrogen-bond acceptors (Lipinski definition) is 3. The molecule has 2 aromatic rings. The number of H-pyrrole nitrogens is 1. The number of fused-ring (bicyclic) bond motifs is 1. The summed E-state index contributed by atoms with van der Waals surface area (Å²) in [5.74, 6) is 0.605. The van der Waals surface area contributed by atoms with Gasteiger partial charge < -0.3 is 20.5 Å². The van der Waals surface area contributed by atoms with Crippen molar-refractivity contribution in [2.45, 2.75) is 19.4 Å². The second-order valence-corrected chi connectivity index (χ2v) is 7.32. The minimum Gasteiger partial charge on any atom is -0.361 e. The molecule has 6 nitrogen and oxygen atoms in total. The molecule has 3 N–H and O–H groups in total. The molecule has 0 saturated carbocycles. The lowest BCUT2D eigenvalue weighted by Crippen LogP contribution is -2.52. The van der Waals surface area contributed by atoms with Gasteiger partial charge in [-0.05, 0) is 44.2 Å². The molecule has 1 aliphatic rings. The molecule has 1 fully saturated rings. The van der Waals surface area contributed by atoms with E-state index in [1.165, 1.54) is 6.07 Å². The second kappa shape index (κ2) is 9.19. The molecule has 1 saturated heterocycles. The highest BCUT2D eigenvalue weighted by molar-refractivity contribution is 5.83. The maximum atomic E-state index is 13.5. The zero-order valence-electron chi connectivity index (χ0n) is 16.6. The summed E-state index contributed by atoms with van der Waals surface area (Å²) in [7, 11) is 3.96. The van der Waals surface area contributed by atoms with Crippen LogP contribution in [-0.2, 0) is 6.42 Å². The fraction of sp³-hybridized carbons (Fsp3) is 0.550. The van der Waals surface area contributed by atoms with E-state index in [9.17, 15) is 4.39 Å². The van der Waals surface area contributed by atoms with Crippen molar-refractivity contribution in [3.05, 3.63) is 35.8 Å². The number of aromatic amines is 1. The first-order valence-corrected chi connectivity index (χ1v) is 9.69. The maximum absolute atomic E-state index is 13.5. The summed E-state index contributed by atoms with van der Waals surface area (Å²) in [6, 6.07) is 5.32. The number of rotatable bonds is 6. The van der Waals surface area contributed by atoms with E-state index in [4.69, 9.17) is 0 Å². The van der Waals surface area contributed by atoms with Crippen molar-refractivity contribution in [1.82, 2.24) is 25.4 Å². The summed E-state index contributed by atoms with van der Waals surface area (Å²) in [6.07, 6.45) is 2.76. The summed E-state index contributed by atoms with van der Waals surface area (Å²) in [6.45, 7) is 8.34. The standard InChI is InChI=1S/C20H31FN6/c1-15(27-10-8-26(3)9-11-27)13-25-20(22-2)23-7-6-16-14-24-19-5-4-17(21)12-18(16)19/h4-5,12,14-15,24H,6-11,13H2,1-3H3,(H2,22,23,25). The molecule has 27 heavy (non-hydrogen) atoms. The van der Waals surface area contributed by atoms with Crippen molar-refractivity contribution in [3.63, 3.8) is 0 Å². The zero-order chi connectivity index (χ0) is 19.2. The van der Waals surface area contributed by atoms with Gasteiger partial charge in [-0.1, -0.05) is 0 Å². The van der Waals surface area contributed by atoms with Crippen molar-refractivity contribution in [3.8, 4) is 0 Å². The third-order valence-electron chi connectivity index (χ3n) is 5.37. The Bertz CT molecular complexity index is 763. The first-order valence-electron chi connectivity index (χ1n) is 9.69. The van der Waals surface area contributed by atoms with Gasteiger partial charge in [0, 0.05) is 69.5 Å². The predicted molar refractivity (Wildman–Crippen MR) is 110 cm³/mol. The Labute approximate surface area is 160 Å². The highest BCUT2D eigenvalue weighted by atomic mass is 19.1. The topological polar surface area (TPSA) is 58.7 Å². The van der Waals surface area contributed by atoms with Crippen LogP contribution >= 0.6 is 0 Å². The summed E-state index contributed by atoms with van der Waals surface area (Å²) in [5.41, 5.74) is 2.08. The van der Waals surface area contributed by atoms with Gasteiger partial charge in [0.2, 0.25) is 0 Å². The van der Waals surface area contributed by atoms with Gasteiger partial charge in [-0.3, -0.25) is 9.89 Å². The first kappa shape index (κ1) is 19.6. The summed E-state index contributed by atoms with van der Waals surface area (Å²) in [4.78, 5) is 12.4. The fourth-order valence-corrected chi connectivity index (χ4v) is 3.53. The van der Waals surface area contributed by atoms with Crippen LogP contribution in [0, 0.1) is 5.82 Å². The molecule has 1 aromatic carbocycles. The molecule has 0 bridgehead atoms. The van der Waals surface area contributed by atoms with Crippen LogP contribution in [0.2, 0.25) is 0 Å². The Morgan fingerprint density at radius 3 is 2.78 bits per heavy atom. The van der Waals surface area contributed by atoms with Crippen LogP contribution in [0.4, 0.5) is 4.39 Å². The van der Waals surface area contributed by atoms with E-state index >= 15 is 0 Å². The molecule has 7 heteroatoms. The normalized spacial score (nSPS) is 18.0. The Balaban J connectivity index is 1.44. The van der Waals surface area contributed by atoms with Crippen molar-refractivity contribution < 1.29 is 4.39 Å². The largest absolute Gasteiger partial charge is 0.361 e. The molecular weight excluding hydrogens is 343 g/mol. The average Bonchev–Trinajstić information content (AvgIpc) is 3.07. The van der Waals surface area contributed by atoms with Crippen LogP contribution in [0.3, 0.4) is 0 Å². The Morgan fingerprint density at radius 1 is 1.26 bits per heavy atom. The third-order valence-corrected chi connectivity index (χ3v) is 5.37. The SMILES string of the molecule is CN=C(NCCc1c[nH]c2ccc(F)cc12)NCC(C)N1CCN(C)CC1. The Kier molecular flexibility index (Phi) is 6.68. The number of halogens is 1. The van der Waals surface area contributed by atoms with Crippen LogP contribution in [0.5, 0.6) is 0 Å². The molecule has 0 radical (unpaired) electrons. The minimum absolute atomic E-state index is 0.202. The van der Waals surface area contributed by atoms with Gasteiger partial charge in [-0.2, -0.15) is 0 Å². The van der Waals surface area contributed by atoms with Crippen molar-refractivity contribution in [1.29, 1.82) is 0 Å². The molecule has 3 rings (SSSR count). The predicted octanol–water partition coefficient (Wildman–Crippen LogP) is 1.65. The highest BCUT2D eigenvalue weighted by Gasteiger charge is 2.19. The van der Waals surface area contributed by atoms with Crippen molar-refractivity contribution in [2.75, 3.05) is 53.4 Å². The van der Waals surface area contributed by atoms with Gasteiger partial charge in [0.05, 0.1) is 0 Å². The summed E-state index contributed by atoms with van der Waals surface area (Å²) in [5, 5.41) is 7.72. The van der Waals surface area contributed by atoms with E-state index in [2.05, 4.69) is 44.4 Å². The average molecular weight is 375 g/mol.